The minimum absolute atomic E-state index is 0.354. The first kappa shape index (κ1) is 23.6. The van der Waals surface area contributed by atoms with Crippen molar-refractivity contribution in [2.45, 2.75) is 32.6 Å². The van der Waals surface area contributed by atoms with Gasteiger partial charge < -0.3 is 15.1 Å². The van der Waals surface area contributed by atoms with Crippen LogP contribution in [0.15, 0.2) is 29.6 Å². The maximum absolute atomic E-state index is 11.1. The van der Waals surface area contributed by atoms with Crippen molar-refractivity contribution in [1.29, 1.82) is 0 Å². The lowest BCUT2D eigenvalue weighted by Gasteiger charge is -2.39. The van der Waals surface area contributed by atoms with Crippen molar-refractivity contribution in [2.75, 3.05) is 24.5 Å². The molecule has 11 heteroatoms. The fourth-order valence-corrected chi connectivity index (χ4v) is 3.93. The molecular formula is C19H22F3N3O4S. The number of alkyl halides is 3. The Balaban J connectivity index is 0.000000396. The number of carboxylic acids is 2. The number of hydrogen-bond donors (Lipinski definition) is 2. The maximum atomic E-state index is 11.1. The zero-order valence-corrected chi connectivity index (χ0v) is 17.2. The number of piperazine rings is 1. The van der Waals surface area contributed by atoms with Crippen LogP contribution in [0.4, 0.5) is 18.3 Å². The number of anilines is 1. The first-order chi connectivity index (χ1) is 14.0. The van der Waals surface area contributed by atoms with Crippen LogP contribution in [0.25, 0.3) is 0 Å². The number of halogens is 3. The van der Waals surface area contributed by atoms with Gasteiger partial charge in [0.05, 0.1) is 11.3 Å². The average molecular weight is 445 g/mol. The molecule has 164 valence electrons. The lowest BCUT2D eigenvalue weighted by Crippen LogP contribution is -2.51. The highest BCUT2D eigenvalue weighted by Crippen LogP contribution is 2.25. The number of thiazole rings is 1. The van der Waals surface area contributed by atoms with Gasteiger partial charge in [-0.15, -0.1) is 11.3 Å². The van der Waals surface area contributed by atoms with Gasteiger partial charge in [0.15, 0.2) is 5.13 Å². The molecular weight excluding hydrogens is 423 g/mol. The van der Waals surface area contributed by atoms with Crippen LogP contribution in [0, 0.1) is 6.92 Å². The van der Waals surface area contributed by atoms with Crippen LogP contribution >= 0.6 is 11.3 Å². The van der Waals surface area contributed by atoms with Gasteiger partial charge in [-0.05, 0) is 31.5 Å². The predicted octanol–water partition coefficient (Wildman–Crippen LogP) is 3.49. The largest absolute Gasteiger partial charge is 0.490 e. The van der Waals surface area contributed by atoms with Gasteiger partial charge in [0.1, 0.15) is 0 Å². The van der Waals surface area contributed by atoms with Crippen LogP contribution in [0.3, 0.4) is 0 Å². The van der Waals surface area contributed by atoms with Crippen molar-refractivity contribution < 1.29 is 33.0 Å². The van der Waals surface area contributed by atoms with E-state index in [-0.39, 0.29) is 0 Å². The number of hydrogen-bond acceptors (Lipinski definition) is 6. The summed E-state index contributed by atoms with van der Waals surface area (Å²) in [6, 6.07) is 7.61. The number of benzene rings is 1. The van der Waals surface area contributed by atoms with E-state index in [0.717, 1.165) is 42.6 Å². The summed E-state index contributed by atoms with van der Waals surface area (Å²) in [5, 5.41) is 19.4. The summed E-state index contributed by atoms with van der Waals surface area (Å²) in [5.41, 5.74) is 2.48. The third-order valence-electron chi connectivity index (χ3n) is 4.39. The van der Waals surface area contributed by atoms with Crippen molar-refractivity contribution in [3.63, 3.8) is 0 Å². The highest BCUT2D eigenvalue weighted by molar-refractivity contribution is 7.13. The predicted molar refractivity (Wildman–Crippen MR) is 106 cm³/mol. The molecule has 1 saturated heterocycles. The molecule has 30 heavy (non-hydrogen) atoms. The minimum atomic E-state index is -5.08. The Morgan fingerprint density at radius 1 is 1.27 bits per heavy atom. The molecule has 7 nitrogen and oxygen atoms in total. The standard InChI is InChI=1S/C17H21N3O2S.C2HF3O2/c1-12-11-23-17(18-12)20-7-6-19(9-13(20)2)10-14-4-3-5-15(8-14)16(21)22;3-2(4,5)1(6)7/h3-5,8,11,13H,6-7,9-10H2,1-2H3,(H,21,22);(H,6,7). The number of aliphatic carboxylic acids is 1. The number of carboxylic acid groups (broad SMARTS) is 2. The molecule has 1 unspecified atom stereocenters. The SMILES string of the molecule is Cc1csc(N2CCN(Cc3cccc(C(=O)O)c3)CC2C)n1.O=C(O)C(F)(F)F. The summed E-state index contributed by atoms with van der Waals surface area (Å²) in [4.78, 5) is 29.3. The summed E-state index contributed by atoms with van der Waals surface area (Å²) in [5.74, 6) is -3.63. The van der Waals surface area contributed by atoms with Crippen LogP contribution in [-0.4, -0.2) is 63.9 Å². The average Bonchev–Trinajstić information content (AvgIpc) is 3.08. The fourth-order valence-electron chi connectivity index (χ4n) is 3.00. The van der Waals surface area contributed by atoms with E-state index < -0.39 is 18.1 Å². The zero-order chi connectivity index (χ0) is 22.5. The van der Waals surface area contributed by atoms with Gasteiger partial charge >= 0.3 is 18.1 Å². The third-order valence-corrected chi connectivity index (χ3v) is 5.38. The maximum Gasteiger partial charge on any atom is 0.490 e. The number of rotatable bonds is 4. The second-order valence-electron chi connectivity index (χ2n) is 6.86. The third kappa shape index (κ3) is 6.70. The number of carbonyl (C=O) groups is 2. The number of nitrogens with zero attached hydrogens (tertiary/aromatic N) is 3. The van der Waals surface area contributed by atoms with Gasteiger partial charge in [0.25, 0.3) is 0 Å². The molecule has 1 fully saturated rings. The molecule has 0 aliphatic carbocycles. The number of aryl methyl sites for hydroxylation is 1. The first-order valence-corrected chi connectivity index (χ1v) is 9.89. The fraction of sp³-hybridized carbons (Fsp3) is 0.421. The van der Waals surface area contributed by atoms with Gasteiger partial charge in [-0.3, -0.25) is 4.90 Å². The molecule has 2 aromatic rings. The van der Waals surface area contributed by atoms with E-state index in [0.29, 0.717) is 11.6 Å². The van der Waals surface area contributed by atoms with Crippen molar-refractivity contribution in [3.8, 4) is 0 Å². The monoisotopic (exact) mass is 445 g/mol. The molecule has 2 N–H and O–H groups in total. The molecule has 0 spiro atoms. The van der Waals surface area contributed by atoms with Gasteiger partial charge in [0.2, 0.25) is 0 Å². The summed E-state index contributed by atoms with van der Waals surface area (Å²) in [6.07, 6.45) is -5.08. The summed E-state index contributed by atoms with van der Waals surface area (Å²) >= 11 is 1.70. The molecule has 0 bridgehead atoms. The summed E-state index contributed by atoms with van der Waals surface area (Å²) in [7, 11) is 0. The molecule has 0 saturated carbocycles. The lowest BCUT2D eigenvalue weighted by molar-refractivity contribution is -0.192. The molecule has 1 aromatic carbocycles. The van der Waals surface area contributed by atoms with Crippen LogP contribution in [0.1, 0.15) is 28.5 Å². The van der Waals surface area contributed by atoms with Crippen molar-refractivity contribution >= 4 is 28.4 Å². The second kappa shape index (κ2) is 9.90. The van der Waals surface area contributed by atoms with E-state index in [2.05, 4.69) is 27.1 Å². The van der Waals surface area contributed by atoms with Gasteiger partial charge in [-0.2, -0.15) is 13.2 Å². The molecule has 1 aliphatic rings. The Hall–Kier alpha value is -2.66. The topological polar surface area (TPSA) is 94.0 Å². The molecule has 3 rings (SSSR count). The van der Waals surface area contributed by atoms with E-state index in [4.69, 9.17) is 15.0 Å². The Morgan fingerprint density at radius 3 is 2.43 bits per heavy atom. The van der Waals surface area contributed by atoms with Gasteiger partial charge in [-0.25, -0.2) is 14.6 Å². The van der Waals surface area contributed by atoms with E-state index in [1.807, 2.05) is 19.1 Å². The Kier molecular flexibility index (Phi) is 7.79. The van der Waals surface area contributed by atoms with E-state index in [1.54, 1.807) is 23.5 Å². The molecule has 0 amide bonds. The van der Waals surface area contributed by atoms with E-state index >= 15 is 0 Å². The van der Waals surface area contributed by atoms with E-state index in [9.17, 15) is 18.0 Å². The van der Waals surface area contributed by atoms with Crippen LogP contribution in [-0.2, 0) is 11.3 Å². The summed E-state index contributed by atoms with van der Waals surface area (Å²) in [6.45, 7) is 7.89. The molecule has 1 aromatic heterocycles. The molecule has 1 atom stereocenters. The lowest BCUT2D eigenvalue weighted by atomic mass is 10.1. The zero-order valence-electron chi connectivity index (χ0n) is 16.4. The second-order valence-corrected chi connectivity index (χ2v) is 7.69. The Labute approximate surface area is 175 Å². The van der Waals surface area contributed by atoms with Gasteiger partial charge in [-0.1, -0.05) is 12.1 Å². The molecule has 2 heterocycles. The summed E-state index contributed by atoms with van der Waals surface area (Å²) < 4.78 is 31.7. The van der Waals surface area contributed by atoms with E-state index in [1.165, 1.54) is 0 Å². The normalized spacial score (nSPS) is 17.2. The quantitative estimate of drug-likeness (QED) is 0.744. The first-order valence-electron chi connectivity index (χ1n) is 9.01. The van der Waals surface area contributed by atoms with Crippen molar-refractivity contribution in [3.05, 3.63) is 46.5 Å². The highest BCUT2D eigenvalue weighted by atomic mass is 32.1. The number of aromatic carboxylic acids is 1. The molecule has 1 aliphatic heterocycles. The van der Waals surface area contributed by atoms with Crippen LogP contribution in [0.2, 0.25) is 0 Å². The Bertz CT molecular complexity index is 888. The Morgan fingerprint density at radius 2 is 1.93 bits per heavy atom. The van der Waals surface area contributed by atoms with Crippen LogP contribution in [0.5, 0.6) is 0 Å². The minimum Gasteiger partial charge on any atom is -0.478 e. The smallest absolute Gasteiger partial charge is 0.478 e. The van der Waals surface area contributed by atoms with Crippen LogP contribution < -0.4 is 4.90 Å². The van der Waals surface area contributed by atoms with Crippen molar-refractivity contribution in [2.24, 2.45) is 0 Å². The number of aromatic nitrogens is 1. The van der Waals surface area contributed by atoms with Gasteiger partial charge in [0, 0.05) is 37.6 Å². The highest BCUT2D eigenvalue weighted by Gasteiger charge is 2.38. The molecule has 0 radical (unpaired) electrons. The van der Waals surface area contributed by atoms with Crippen molar-refractivity contribution in [1.82, 2.24) is 9.88 Å².